The Kier molecular flexibility index (Phi) is 3.29. The summed E-state index contributed by atoms with van der Waals surface area (Å²) < 4.78 is 2.28. The van der Waals surface area contributed by atoms with Gasteiger partial charge in [-0.1, -0.05) is 43.3 Å². The number of benzene rings is 2. The van der Waals surface area contributed by atoms with Crippen LogP contribution in [0.2, 0.25) is 0 Å². The van der Waals surface area contributed by atoms with Crippen molar-refractivity contribution >= 4 is 33.1 Å². The van der Waals surface area contributed by atoms with Crippen LogP contribution in [-0.2, 0) is 5.60 Å². The summed E-state index contributed by atoms with van der Waals surface area (Å²) in [4.78, 5) is 1.02. The number of thiophene rings is 1. The third-order valence-electron chi connectivity index (χ3n) is 4.64. The fourth-order valence-corrected chi connectivity index (χ4v) is 4.24. The first-order valence-corrected chi connectivity index (χ1v) is 8.80. The van der Waals surface area contributed by atoms with Gasteiger partial charge in [0.25, 0.3) is 0 Å². The zero-order valence-electron chi connectivity index (χ0n) is 13.3. The number of fused-ring (bicyclic) bond motifs is 3. The van der Waals surface area contributed by atoms with Crippen molar-refractivity contribution < 1.29 is 5.11 Å². The van der Waals surface area contributed by atoms with E-state index in [1.54, 1.807) is 11.3 Å². The predicted octanol–water partition coefficient (Wildman–Crippen LogP) is 5.46. The molecular formula is C20H19NOS. The average Bonchev–Trinajstić information content (AvgIpc) is 3.17. The molecule has 0 saturated carbocycles. The van der Waals surface area contributed by atoms with E-state index >= 15 is 0 Å². The lowest BCUT2D eigenvalue weighted by atomic mass is 10.0. The van der Waals surface area contributed by atoms with E-state index in [9.17, 15) is 5.11 Å². The van der Waals surface area contributed by atoms with Crippen LogP contribution in [0.3, 0.4) is 0 Å². The summed E-state index contributed by atoms with van der Waals surface area (Å²) in [7, 11) is 0. The Balaban J connectivity index is 2.12. The minimum absolute atomic E-state index is 0.692. The first-order valence-electron chi connectivity index (χ1n) is 7.92. The van der Waals surface area contributed by atoms with E-state index in [0.717, 1.165) is 10.6 Å². The Morgan fingerprint density at radius 3 is 2.09 bits per heavy atom. The van der Waals surface area contributed by atoms with Gasteiger partial charge in [-0.15, -0.1) is 11.3 Å². The Labute approximate surface area is 139 Å². The third-order valence-corrected chi connectivity index (χ3v) is 5.80. The van der Waals surface area contributed by atoms with Crippen molar-refractivity contribution in [2.75, 3.05) is 0 Å². The normalized spacial score (nSPS) is 14.4. The van der Waals surface area contributed by atoms with E-state index in [1.807, 2.05) is 13.8 Å². The molecule has 1 N–H and O–H groups in total. The molecule has 0 amide bonds. The number of nitrogens with zero attached hydrogens (tertiary/aromatic N) is 1. The van der Waals surface area contributed by atoms with Crippen molar-refractivity contribution in [2.45, 2.75) is 25.9 Å². The van der Waals surface area contributed by atoms with Crippen LogP contribution in [0.25, 0.3) is 27.5 Å². The van der Waals surface area contributed by atoms with Crippen LogP contribution in [0, 0.1) is 0 Å². The first-order chi connectivity index (χ1) is 11.1. The Morgan fingerprint density at radius 2 is 1.52 bits per heavy atom. The van der Waals surface area contributed by atoms with Crippen LogP contribution in [0.5, 0.6) is 0 Å². The summed E-state index contributed by atoms with van der Waals surface area (Å²) in [5.41, 5.74) is 2.63. The lowest BCUT2D eigenvalue weighted by Gasteiger charge is -2.22. The number of aliphatic hydroxyl groups is 1. The molecule has 0 bridgehead atoms. The molecule has 4 aromatic rings. The Morgan fingerprint density at radius 1 is 0.957 bits per heavy atom. The SMILES string of the molecule is CCC(C)(O)c1sccc1-n1c2ccccc2c2ccccc21. The van der Waals surface area contributed by atoms with Crippen molar-refractivity contribution in [1.29, 1.82) is 0 Å². The van der Waals surface area contributed by atoms with Crippen LogP contribution in [-0.4, -0.2) is 9.67 Å². The first kappa shape index (κ1) is 14.5. The van der Waals surface area contributed by atoms with Crippen LogP contribution in [0.15, 0.2) is 60.0 Å². The summed E-state index contributed by atoms with van der Waals surface area (Å²) in [5, 5.41) is 15.4. The molecule has 0 spiro atoms. The minimum atomic E-state index is -0.810. The molecule has 23 heavy (non-hydrogen) atoms. The molecule has 2 aromatic heterocycles. The van der Waals surface area contributed by atoms with Crippen molar-refractivity contribution in [2.24, 2.45) is 0 Å². The number of hydrogen-bond donors (Lipinski definition) is 1. The second-order valence-electron chi connectivity index (χ2n) is 6.13. The number of aromatic nitrogens is 1. The Bertz CT molecular complexity index is 940. The standard InChI is InChI=1S/C20H19NOS/c1-3-20(2,22)19-18(12-13-23-19)21-16-10-6-4-8-14(16)15-9-5-7-11-17(15)21/h4-13,22H,3H2,1-2H3. The lowest BCUT2D eigenvalue weighted by molar-refractivity contribution is 0.0570. The maximum atomic E-state index is 10.8. The van der Waals surface area contributed by atoms with E-state index in [4.69, 9.17) is 0 Å². The smallest absolute Gasteiger partial charge is 0.0978 e. The second kappa shape index (κ2) is 5.22. The molecule has 0 saturated heterocycles. The molecule has 1 atom stereocenters. The fourth-order valence-electron chi connectivity index (χ4n) is 3.22. The van der Waals surface area contributed by atoms with Gasteiger partial charge in [0.15, 0.2) is 0 Å². The molecule has 4 rings (SSSR count). The van der Waals surface area contributed by atoms with Crippen molar-refractivity contribution in [3.05, 3.63) is 64.9 Å². The van der Waals surface area contributed by atoms with Crippen LogP contribution in [0.1, 0.15) is 25.1 Å². The molecule has 0 aliphatic rings. The molecule has 3 heteroatoms. The minimum Gasteiger partial charge on any atom is -0.385 e. The Hall–Kier alpha value is -2.10. The van der Waals surface area contributed by atoms with Gasteiger partial charge < -0.3 is 9.67 Å². The monoisotopic (exact) mass is 321 g/mol. The molecule has 1 unspecified atom stereocenters. The fraction of sp³-hybridized carbons (Fsp3) is 0.200. The lowest BCUT2D eigenvalue weighted by Crippen LogP contribution is -2.20. The summed E-state index contributed by atoms with van der Waals surface area (Å²) in [6.07, 6.45) is 0.692. The molecule has 0 aliphatic heterocycles. The largest absolute Gasteiger partial charge is 0.385 e. The highest BCUT2D eigenvalue weighted by atomic mass is 32.1. The van der Waals surface area contributed by atoms with E-state index in [-0.39, 0.29) is 0 Å². The van der Waals surface area contributed by atoms with Gasteiger partial charge in [0, 0.05) is 10.8 Å². The average molecular weight is 321 g/mol. The van der Waals surface area contributed by atoms with Crippen molar-refractivity contribution in [1.82, 2.24) is 4.57 Å². The maximum absolute atomic E-state index is 10.8. The topological polar surface area (TPSA) is 25.2 Å². The summed E-state index contributed by atoms with van der Waals surface area (Å²) >= 11 is 1.63. The number of hydrogen-bond acceptors (Lipinski definition) is 2. The van der Waals surface area contributed by atoms with E-state index < -0.39 is 5.60 Å². The van der Waals surface area contributed by atoms with E-state index in [1.165, 1.54) is 21.8 Å². The molecule has 0 aliphatic carbocycles. The summed E-state index contributed by atoms with van der Waals surface area (Å²) in [6.45, 7) is 3.92. The molecule has 2 nitrogen and oxygen atoms in total. The van der Waals surface area contributed by atoms with Crippen molar-refractivity contribution in [3.8, 4) is 5.69 Å². The summed E-state index contributed by atoms with van der Waals surface area (Å²) in [6, 6.07) is 19.0. The molecule has 116 valence electrons. The quantitative estimate of drug-likeness (QED) is 0.532. The van der Waals surface area contributed by atoms with Gasteiger partial charge in [-0.05, 0) is 36.9 Å². The molecule has 2 heterocycles. The van der Waals surface area contributed by atoms with Gasteiger partial charge in [0.1, 0.15) is 0 Å². The van der Waals surface area contributed by atoms with Gasteiger partial charge in [-0.25, -0.2) is 0 Å². The van der Waals surface area contributed by atoms with E-state index in [0.29, 0.717) is 6.42 Å². The van der Waals surface area contributed by atoms with Crippen LogP contribution in [0.4, 0.5) is 0 Å². The van der Waals surface area contributed by atoms with Crippen molar-refractivity contribution in [3.63, 3.8) is 0 Å². The van der Waals surface area contributed by atoms with Crippen LogP contribution >= 0.6 is 11.3 Å². The maximum Gasteiger partial charge on any atom is 0.0978 e. The third kappa shape index (κ3) is 2.12. The molecular weight excluding hydrogens is 302 g/mol. The zero-order valence-corrected chi connectivity index (χ0v) is 14.1. The number of para-hydroxylation sites is 2. The van der Waals surface area contributed by atoms with Gasteiger partial charge in [-0.3, -0.25) is 0 Å². The second-order valence-corrected chi connectivity index (χ2v) is 7.05. The highest BCUT2D eigenvalue weighted by molar-refractivity contribution is 7.10. The molecule has 0 fully saturated rings. The summed E-state index contributed by atoms with van der Waals surface area (Å²) in [5.74, 6) is 0. The van der Waals surface area contributed by atoms with Gasteiger partial charge >= 0.3 is 0 Å². The highest BCUT2D eigenvalue weighted by Gasteiger charge is 2.27. The highest BCUT2D eigenvalue weighted by Crippen LogP contribution is 2.39. The van der Waals surface area contributed by atoms with Gasteiger partial charge in [-0.2, -0.15) is 0 Å². The van der Waals surface area contributed by atoms with E-state index in [2.05, 4.69) is 64.5 Å². The number of rotatable bonds is 3. The molecule has 2 aromatic carbocycles. The predicted molar refractivity (Wildman–Crippen MR) is 98.5 cm³/mol. The molecule has 0 radical (unpaired) electrons. The van der Waals surface area contributed by atoms with Gasteiger partial charge in [0.2, 0.25) is 0 Å². The van der Waals surface area contributed by atoms with Crippen LogP contribution < -0.4 is 0 Å². The zero-order chi connectivity index (χ0) is 16.0. The van der Waals surface area contributed by atoms with Gasteiger partial charge in [0.05, 0.1) is 27.2 Å².